The number of nitrogens with zero attached hydrogens (tertiary/aromatic N) is 2. The molecule has 0 bridgehead atoms. The van der Waals surface area contributed by atoms with Crippen molar-refractivity contribution in [2.75, 3.05) is 23.3 Å². The second kappa shape index (κ2) is 11.7. The van der Waals surface area contributed by atoms with E-state index in [0.717, 1.165) is 15.9 Å². The summed E-state index contributed by atoms with van der Waals surface area (Å²) in [5, 5.41) is 13.7. The van der Waals surface area contributed by atoms with Crippen molar-refractivity contribution in [1.29, 1.82) is 0 Å². The number of ether oxygens (including phenoxy) is 2. The Bertz CT molecular complexity index is 1570. The fourth-order valence-electron chi connectivity index (χ4n) is 3.68. The quantitative estimate of drug-likeness (QED) is 0.204. The van der Waals surface area contributed by atoms with E-state index in [9.17, 15) is 23.3 Å². The number of anilines is 2. The summed E-state index contributed by atoms with van der Waals surface area (Å²) in [5.74, 6) is 0.543. The lowest BCUT2D eigenvalue weighted by molar-refractivity contribution is -0.384. The van der Waals surface area contributed by atoms with Gasteiger partial charge in [-0.3, -0.25) is 19.2 Å². The third-order valence-electron chi connectivity index (χ3n) is 5.67. The number of amides is 1. The molecule has 0 aliphatic rings. The van der Waals surface area contributed by atoms with Crippen molar-refractivity contribution in [2.24, 2.45) is 0 Å². The SMILES string of the molecule is COc1ccc([N+](=O)[O-])cc1NC(=O)CN(c1ccc(Oc2ccccc2)cc1)S(=O)(=O)c1ccc(C)cc1. The number of nitrogens with one attached hydrogen (secondary N) is 1. The molecule has 11 heteroatoms. The summed E-state index contributed by atoms with van der Waals surface area (Å²) in [6.07, 6.45) is 0. The number of methoxy groups -OCH3 is 1. The number of hydrogen-bond donors (Lipinski definition) is 1. The van der Waals surface area contributed by atoms with Crippen molar-refractivity contribution < 1.29 is 27.6 Å². The zero-order valence-corrected chi connectivity index (χ0v) is 21.9. The summed E-state index contributed by atoms with van der Waals surface area (Å²) in [5.41, 5.74) is 0.871. The summed E-state index contributed by atoms with van der Waals surface area (Å²) in [7, 11) is -2.82. The van der Waals surface area contributed by atoms with Crippen LogP contribution in [0.3, 0.4) is 0 Å². The first-order valence-corrected chi connectivity index (χ1v) is 13.2. The molecule has 4 aromatic carbocycles. The van der Waals surface area contributed by atoms with E-state index in [1.54, 1.807) is 36.4 Å². The molecule has 0 spiro atoms. The predicted molar refractivity (Wildman–Crippen MR) is 147 cm³/mol. The van der Waals surface area contributed by atoms with Crippen LogP contribution in [0.2, 0.25) is 0 Å². The third-order valence-corrected chi connectivity index (χ3v) is 7.46. The number of nitro benzene ring substituents is 1. The minimum atomic E-state index is -4.18. The fourth-order valence-corrected chi connectivity index (χ4v) is 5.11. The lowest BCUT2D eigenvalue weighted by Crippen LogP contribution is -2.38. The standard InChI is InChI=1S/C28H25N3O7S/c1-20-8-15-25(16-9-20)39(35,36)30(21-10-13-24(14-11-21)38-23-6-4-3-5-7-23)19-28(32)29-26-18-22(31(33)34)12-17-27(26)37-2/h3-18H,19H2,1-2H3,(H,29,32). The Kier molecular flexibility index (Phi) is 8.11. The number of non-ortho nitro benzene ring substituents is 1. The van der Waals surface area contributed by atoms with Gasteiger partial charge < -0.3 is 14.8 Å². The van der Waals surface area contributed by atoms with Gasteiger partial charge in [-0.15, -0.1) is 0 Å². The van der Waals surface area contributed by atoms with Crippen molar-refractivity contribution >= 4 is 33.0 Å². The highest BCUT2D eigenvalue weighted by Crippen LogP contribution is 2.31. The van der Waals surface area contributed by atoms with Gasteiger partial charge in [-0.25, -0.2) is 8.42 Å². The number of hydrogen-bond acceptors (Lipinski definition) is 7. The molecule has 1 amide bonds. The summed E-state index contributed by atoms with van der Waals surface area (Å²) in [6, 6.07) is 25.3. The second-order valence-corrected chi connectivity index (χ2v) is 10.3. The topological polar surface area (TPSA) is 128 Å². The summed E-state index contributed by atoms with van der Waals surface area (Å²) >= 11 is 0. The first kappa shape index (κ1) is 27.1. The smallest absolute Gasteiger partial charge is 0.271 e. The molecule has 0 fully saturated rings. The molecule has 0 heterocycles. The van der Waals surface area contributed by atoms with Crippen molar-refractivity contribution in [3.05, 3.63) is 113 Å². The molecule has 200 valence electrons. The van der Waals surface area contributed by atoms with Crippen LogP contribution >= 0.6 is 0 Å². The number of rotatable bonds is 10. The van der Waals surface area contributed by atoms with Crippen molar-refractivity contribution in [2.45, 2.75) is 11.8 Å². The number of carbonyl (C=O) groups is 1. The Balaban J connectivity index is 1.65. The molecular weight excluding hydrogens is 522 g/mol. The molecule has 0 aromatic heterocycles. The largest absolute Gasteiger partial charge is 0.495 e. The van der Waals surface area contributed by atoms with Crippen LogP contribution in [0.1, 0.15) is 5.56 Å². The molecule has 0 saturated carbocycles. The van der Waals surface area contributed by atoms with Crippen LogP contribution < -0.4 is 19.1 Å². The van der Waals surface area contributed by atoms with Crippen LogP contribution in [0.4, 0.5) is 17.1 Å². The molecule has 4 rings (SSSR count). The van der Waals surface area contributed by atoms with Gasteiger partial charge in [0.05, 0.1) is 28.3 Å². The van der Waals surface area contributed by atoms with E-state index in [1.165, 1.54) is 43.5 Å². The van der Waals surface area contributed by atoms with E-state index in [4.69, 9.17) is 9.47 Å². The minimum absolute atomic E-state index is 0.00144. The molecule has 0 saturated heterocycles. The summed E-state index contributed by atoms with van der Waals surface area (Å²) < 4.78 is 39.3. The average Bonchev–Trinajstić information content (AvgIpc) is 2.93. The Labute approximate surface area is 225 Å². The molecule has 39 heavy (non-hydrogen) atoms. The monoisotopic (exact) mass is 547 g/mol. The highest BCUT2D eigenvalue weighted by Gasteiger charge is 2.28. The first-order valence-electron chi connectivity index (χ1n) is 11.7. The number of benzene rings is 4. The highest BCUT2D eigenvalue weighted by atomic mass is 32.2. The Morgan fingerprint density at radius 1 is 0.923 bits per heavy atom. The molecule has 0 aliphatic heterocycles. The van der Waals surface area contributed by atoms with E-state index < -0.39 is 27.4 Å². The van der Waals surface area contributed by atoms with Crippen LogP contribution in [0.15, 0.2) is 102 Å². The molecule has 10 nitrogen and oxygen atoms in total. The van der Waals surface area contributed by atoms with E-state index in [0.29, 0.717) is 11.5 Å². The van der Waals surface area contributed by atoms with Gasteiger partial charge in [-0.1, -0.05) is 35.9 Å². The Hall–Kier alpha value is -4.90. The van der Waals surface area contributed by atoms with Crippen molar-refractivity contribution in [3.63, 3.8) is 0 Å². The lowest BCUT2D eigenvalue weighted by atomic mass is 10.2. The fraction of sp³-hybridized carbons (Fsp3) is 0.107. The van der Waals surface area contributed by atoms with Gasteiger partial charge in [0.15, 0.2) is 0 Å². The second-order valence-electron chi connectivity index (χ2n) is 8.42. The molecule has 0 atom stereocenters. The van der Waals surface area contributed by atoms with E-state index in [1.807, 2.05) is 25.1 Å². The summed E-state index contributed by atoms with van der Waals surface area (Å²) in [4.78, 5) is 23.7. The maximum absolute atomic E-state index is 13.7. The normalized spacial score (nSPS) is 10.9. The van der Waals surface area contributed by atoms with E-state index in [-0.39, 0.29) is 27.7 Å². The maximum atomic E-state index is 13.7. The Morgan fingerprint density at radius 2 is 1.56 bits per heavy atom. The van der Waals surface area contributed by atoms with Gasteiger partial charge in [0, 0.05) is 12.1 Å². The molecular formula is C28H25N3O7S. The molecule has 0 aliphatic carbocycles. The zero-order valence-electron chi connectivity index (χ0n) is 21.1. The van der Waals surface area contributed by atoms with Crippen molar-refractivity contribution in [3.8, 4) is 17.2 Å². The maximum Gasteiger partial charge on any atom is 0.271 e. The minimum Gasteiger partial charge on any atom is -0.495 e. The zero-order chi connectivity index (χ0) is 28.0. The van der Waals surface area contributed by atoms with Gasteiger partial charge in [0.25, 0.3) is 15.7 Å². The van der Waals surface area contributed by atoms with Gasteiger partial charge in [0.2, 0.25) is 5.91 Å². The molecule has 1 N–H and O–H groups in total. The number of aryl methyl sites for hydroxylation is 1. The van der Waals surface area contributed by atoms with Crippen LogP contribution in [-0.4, -0.2) is 32.9 Å². The summed E-state index contributed by atoms with van der Waals surface area (Å²) in [6.45, 7) is 1.22. The number of nitro groups is 1. The molecule has 0 unspecified atom stereocenters. The van der Waals surface area contributed by atoms with Gasteiger partial charge >= 0.3 is 0 Å². The van der Waals surface area contributed by atoms with Crippen LogP contribution in [-0.2, 0) is 14.8 Å². The van der Waals surface area contributed by atoms with Crippen LogP contribution in [0.25, 0.3) is 0 Å². The van der Waals surface area contributed by atoms with Gasteiger partial charge in [0.1, 0.15) is 23.8 Å². The van der Waals surface area contributed by atoms with Crippen LogP contribution in [0, 0.1) is 17.0 Å². The number of para-hydroxylation sites is 1. The Morgan fingerprint density at radius 3 is 2.18 bits per heavy atom. The number of sulfonamides is 1. The predicted octanol–water partition coefficient (Wildman–Crippen LogP) is 5.54. The van der Waals surface area contributed by atoms with E-state index >= 15 is 0 Å². The highest BCUT2D eigenvalue weighted by molar-refractivity contribution is 7.92. The van der Waals surface area contributed by atoms with Gasteiger partial charge in [-0.2, -0.15) is 0 Å². The van der Waals surface area contributed by atoms with E-state index in [2.05, 4.69) is 5.32 Å². The van der Waals surface area contributed by atoms with Gasteiger partial charge in [-0.05, 0) is 61.5 Å². The third kappa shape index (κ3) is 6.51. The number of carbonyl (C=O) groups excluding carboxylic acids is 1. The van der Waals surface area contributed by atoms with Crippen LogP contribution in [0.5, 0.6) is 17.2 Å². The first-order chi connectivity index (χ1) is 18.7. The molecule has 0 radical (unpaired) electrons. The molecule has 4 aromatic rings. The average molecular weight is 548 g/mol. The lowest BCUT2D eigenvalue weighted by Gasteiger charge is -2.24. The van der Waals surface area contributed by atoms with Crippen molar-refractivity contribution in [1.82, 2.24) is 0 Å².